The molecule has 0 spiro atoms. The van der Waals surface area contributed by atoms with Crippen molar-refractivity contribution in [2.75, 3.05) is 5.32 Å². The summed E-state index contributed by atoms with van der Waals surface area (Å²) in [6.45, 7) is 0.494. The fourth-order valence-electron chi connectivity index (χ4n) is 1.01. The molecule has 2 aromatic heterocycles. The monoisotopic (exact) mass is 242 g/mol. The summed E-state index contributed by atoms with van der Waals surface area (Å²) in [7, 11) is 0. The summed E-state index contributed by atoms with van der Waals surface area (Å²) in [5, 5.41) is 5.08. The van der Waals surface area contributed by atoms with Gasteiger partial charge in [0, 0.05) is 11.1 Å². The molecule has 0 aromatic carbocycles. The van der Waals surface area contributed by atoms with E-state index in [1.807, 2.05) is 0 Å². The number of anilines is 1. The van der Waals surface area contributed by atoms with E-state index in [1.54, 1.807) is 11.6 Å². The third-order valence-corrected chi connectivity index (χ3v) is 2.54. The van der Waals surface area contributed by atoms with E-state index >= 15 is 0 Å². The number of rotatable bonds is 3. The van der Waals surface area contributed by atoms with Gasteiger partial charge in [0.2, 0.25) is 0 Å². The zero-order valence-corrected chi connectivity index (χ0v) is 9.10. The van der Waals surface area contributed by atoms with Gasteiger partial charge in [-0.3, -0.25) is 9.78 Å². The van der Waals surface area contributed by atoms with Gasteiger partial charge in [-0.2, -0.15) is 0 Å². The molecule has 0 radical (unpaired) electrons. The van der Waals surface area contributed by atoms with Crippen LogP contribution in [0.2, 0.25) is 5.15 Å². The fraction of sp³-hybridized carbons (Fsp3) is 0.125. The molecule has 2 aromatic rings. The Balaban J connectivity index is 2.02. The van der Waals surface area contributed by atoms with Crippen molar-refractivity contribution in [1.29, 1.82) is 0 Å². The van der Waals surface area contributed by atoms with E-state index in [9.17, 15) is 4.79 Å². The lowest BCUT2D eigenvalue weighted by Crippen LogP contribution is -2.04. The van der Waals surface area contributed by atoms with E-state index in [1.165, 1.54) is 6.20 Å². The number of hydrogen-bond acceptors (Lipinski definition) is 5. The third-order valence-electron chi connectivity index (χ3n) is 1.64. The van der Waals surface area contributed by atoms with Crippen LogP contribution >= 0.6 is 22.9 Å². The Labute approximate surface area is 94.2 Å². The van der Waals surface area contributed by atoms with Gasteiger partial charge in [-0.25, -0.2) is 4.98 Å². The van der Waals surface area contributed by atoms with Crippen LogP contribution < -0.4 is 10.2 Å². The number of halogens is 1. The number of nitrogens with zero attached hydrogens (tertiary/aromatic N) is 2. The molecule has 78 valence electrons. The molecule has 0 bridgehead atoms. The molecule has 0 aliphatic rings. The summed E-state index contributed by atoms with van der Waals surface area (Å²) in [6.07, 6.45) is 3.02. The van der Waals surface area contributed by atoms with Crippen molar-refractivity contribution < 1.29 is 0 Å². The molecule has 0 fully saturated rings. The molecular formula is C8H7ClN4OS. The predicted molar refractivity (Wildman–Crippen MR) is 59.3 cm³/mol. The van der Waals surface area contributed by atoms with E-state index in [2.05, 4.69) is 20.3 Å². The lowest BCUT2D eigenvalue weighted by molar-refractivity contribution is 1.03. The first-order valence-electron chi connectivity index (χ1n) is 4.12. The summed E-state index contributed by atoms with van der Waals surface area (Å²) in [5.74, 6) is 0.578. The minimum Gasteiger partial charge on any atom is -0.363 e. The van der Waals surface area contributed by atoms with Crippen LogP contribution in [0.3, 0.4) is 0 Å². The highest BCUT2D eigenvalue weighted by Crippen LogP contribution is 2.07. The van der Waals surface area contributed by atoms with E-state index in [0.717, 1.165) is 17.0 Å². The van der Waals surface area contributed by atoms with Crippen LogP contribution in [-0.2, 0) is 6.54 Å². The smallest absolute Gasteiger partial charge is 0.304 e. The molecule has 0 unspecified atom stereocenters. The van der Waals surface area contributed by atoms with Crippen LogP contribution in [0, 0.1) is 0 Å². The average molecular weight is 243 g/mol. The SMILES string of the molecule is O=c1[nH]c(CNc2cncc(Cl)n2)cs1. The Morgan fingerprint density at radius 2 is 2.40 bits per heavy atom. The molecule has 0 amide bonds. The van der Waals surface area contributed by atoms with Gasteiger partial charge in [-0.05, 0) is 0 Å². The van der Waals surface area contributed by atoms with Gasteiger partial charge in [0.1, 0.15) is 11.0 Å². The van der Waals surface area contributed by atoms with Crippen molar-refractivity contribution in [3.05, 3.63) is 38.3 Å². The van der Waals surface area contributed by atoms with Crippen molar-refractivity contribution in [2.45, 2.75) is 6.54 Å². The summed E-state index contributed by atoms with van der Waals surface area (Å²) in [6, 6.07) is 0. The number of aromatic amines is 1. The maximum atomic E-state index is 10.8. The normalized spacial score (nSPS) is 10.2. The second-order valence-corrected chi connectivity index (χ2v) is 3.98. The van der Waals surface area contributed by atoms with Crippen molar-refractivity contribution in [3.8, 4) is 0 Å². The zero-order chi connectivity index (χ0) is 10.7. The number of aromatic nitrogens is 3. The first kappa shape index (κ1) is 10.1. The molecule has 0 aliphatic heterocycles. The van der Waals surface area contributed by atoms with Crippen molar-refractivity contribution in [1.82, 2.24) is 15.0 Å². The van der Waals surface area contributed by atoms with Crippen molar-refractivity contribution in [2.24, 2.45) is 0 Å². The predicted octanol–water partition coefficient (Wildman–Crippen LogP) is 1.49. The highest BCUT2D eigenvalue weighted by Gasteiger charge is 1.98. The summed E-state index contributed by atoms with van der Waals surface area (Å²) in [5.41, 5.74) is 0.812. The molecule has 2 rings (SSSR count). The Bertz CT molecular complexity index is 509. The fourth-order valence-corrected chi connectivity index (χ4v) is 1.74. The van der Waals surface area contributed by atoms with E-state index in [4.69, 9.17) is 11.6 Å². The lowest BCUT2D eigenvalue weighted by atomic mass is 10.5. The molecule has 2 N–H and O–H groups in total. The molecule has 0 saturated heterocycles. The van der Waals surface area contributed by atoms with Gasteiger partial charge in [0.05, 0.1) is 18.9 Å². The number of nitrogens with one attached hydrogen (secondary N) is 2. The number of H-pyrrole nitrogens is 1. The van der Waals surface area contributed by atoms with Gasteiger partial charge < -0.3 is 10.3 Å². The lowest BCUT2D eigenvalue weighted by Gasteiger charge is -2.02. The third kappa shape index (κ3) is 2.77. The average Bonchev–Trinajstić information content (AvgIpc) is 2.62. The van der Waals surface area contributed by atoms with Crippen molar-refractivity contribution in [3.63, 3.8) is 0 Å². The summed E-state index contributed by atoms with van der Waals surface area (Å²) in [4.78, 5) is 21.3. The zero-order valence-electron chi connectivity index (χ0n) is 7.53. The van der Waals surface area contributed by atoms with Crippen LogP contribution in [0.4, 0.5) is 5.82 Å². The summed E-state index contributed by atoms with van der Waals surface area (Å²) < 4.78 is 0. The molecule has 0 atom stereocenters. The van der Waals surface area contributed by atoms with E-state index < -0.39 is 0 Å². The maximum Gasteiger partial charge on any atom is 0.304 e. The molecule has 0 saturated carbocycles. The molecule has 0 aliphatic carbocycles. The molecular weight excluding hydrogens is 236 g/mol. The molecule has 2 heterocycles. The molecule has 5 nitrogen and oxygen atoms in total. The topological polar surface area (TPSA) is 70.7 Å². The van der Waals surface area contributed by atoms with E-state index in [0.29, 0.717) is 17.5 Å². The van der Waals surface area contributed by atoms with Gasteiger partial charge in [0.15, 0.2) is 0 Å². The Morgan fingerprint density at radius 1 is 1.53 bits per heavy atom. The highest BCUT2D eigenvalue weighted by atomic mass is 35.5. The van der Waals surface area contributed by atoms with Crippen LogP contribution in [0.5, 0.6) is 0 Å². The Morgan fingerprint density at radius 3 is 3.07 bits per heavy atom. The maximum absolute atomic E-state index is 10.8. The quantitative estimate of drug-likeness (QED) is 0.856. The van der Waals surface area contributed by atoms with Crippen LogP contribution in [0.15, 0.2) is 22.6 Å². The second-order valence-electron chi connectivity index (χ2n) is 2.75. The van der Waals surface area contributed by atoms with Gasteiger partial charge in [-0.1, -0.05) is 22.9 Å². The summed E-state index contributed by atoms with van der Waals surface area (Å²) >= 11 is 6.79. The standard InChI is InChI=1S/C8H7ClN4OS/c9-6-2-10-3-7(13-6)11-1-5-4-15-8(14)12-5/h2-4H,1H2,(H,11,13)(H,12,14). The van der Waals surface area contributed by atoms with E-state index in [-0.39, 0.29) is 4.87 Å². The van der Waals surface area contributed by atoms with Gasteiger partial charge in [0.25, 0.3) is 0 Å². The van der Waals surface area contributed by atoms with Crippen molar-refractivity contribution >= 4 is 28.8 Å². The first-order chi connectivity index (χ1) is 7.24. The van der Waals surface area contributed by atoms with Crippen LogP contribution in [-0.4, -0.2) is 15.0 Å². The highest BCUT2D eigenvalue weighted by molar-refractivity contribution is 7.07. The van der Waals surface area contributed by atoms with Gasteiger partial charge >= 0.3 is 4.87 Å². The Hall–Kier alpha value is -1.40. The number of thiazole rings is 1. The molecule has 15 heavy (non-hydrogen) atoms. The minimum absolute atomic E-state index is 0.0658. The van der Waals surface area contributed by atoms with Crippen LogP contribution in [0.25, 0.3) is 0 Å². The molecule has 7 heteroatoms. The minimum atomic E-state index is -0.0658. The second kappa shape index (κ2) is 4.41. The number of hydrogen-bond donors (Lipinski definition) is 2. The van der Waals surface area contributed by atoms with Crippen LogP contribution in [0.1, 0.15) is 5.69 Å². The largest absolute Gasteiger partial charge is 0.363 e. The Kier molecular flexibility index (Phi) is 2.98. The first-order valence-corrected chi connectivity index (χ1v) is 5.38. The van der Waals surface area contributed by atoms with Gasteiger partial charge in [-0.15, -0.1) is 0 Å².